The van der Waals surface area contributed by atoms with Gasteiger partial charge in [-0.25, -0.2) is 12.8 Å². The molecule has 1 N–H and O–H groups in total. The summed E-state index contributed by atoms with van der Waals surface area (Å²) in [6.45, 7) is 1.30. The third-order valence-corrected chi connectivity index (χ3v) is 8.04. The fourth-order valence-electron chi connectivity index (χ4n) is 3.49. The van der Waals surface area contributed by atoms with Crippen molar-refractivity contribution < 1.29 is 22.3 Å². The van der Waals surface area contributed by atoms with Crippen molar-refractivity contribution in [2.24, 2.45) is 0 Å². The number of benzene rings is 2. The molecular weight excluding hydrogens is 415 g/mol. The molecule has 2 aliphatic rings. The van der Waals surface area contributed by atoms with Crippen LogP contribution >= 0.6 is 11.8 Å². The Morgan fingerprint density at radius 1 is 1.17 bits per heavy atom. The Hall–Kier alpha value is -1.94. The molecule has 0 aromatic heterocycles. The van der Waals surface area contributed by atoms with Crippen LogP contribution in [0.15, 0.2) is 52.3 Å². The van der Waals surface area contributed by atoms with E-state index in [4.69, 9.17) is 4.74 Å². The Morgan fingerprint density at radius 2 is 1.97 bits per heavy atom. The summed E-state index contributed by atoms with van der Waals surface area (Å²) in [6.07, 6.45) is 0.679. The Morgan fingerprint density at radius 3 is 2.76 bits per heavy atom. The van der Waals surface area contributed by atoms with Crippen LogP contribution in [0.1, 0.15) is 28.4 Å². The number of rotatable bonds is 4. The van der Waals surface area contributed by atoms with E-state index >= 15 is 0 Å². The molecule has 1 amide bonds. The molecule has 0 bridgehead atoms. The van der Waals surface area contributed by atoms with E-state index in [1.807, 2.05) is 0 Å². The predicted molar refractivity (Wildman–Crippen MR) is 108 cm³/mol. The number of nitrogens with zero attached hydrogens (tertiary/aromatic N) is 1. The summed E-state index contributed by atoms with van der Waals surface area (Å²) in [5, 5.41) is 2.93. The van der Waals surface area contributed by atoms with Crippen LogP contribution in [0.5, 0.6) is 0 Å². The zero-order chi connectivity index (χ0) is 20.4. The van der Waals surface area contributed by atoms with Gasteiger partial charge in [0.1, 0.15) is 5.82 Å². The van der Waals surface area contributed by atoms with Gasteiger partial charge < -0.3 is 10.1 Å². The van der Waals surface area contributed by atoms with Gasteiger partial charge in [0.25, 0.3) is 5.91 Å². The average molecular weight is 437 g/mol. The number of carbonyl (C=O) groups is 1. The molecule has 2 heterocycles. The van der Waals surface area contributed by atoms with Gasteiger partial charge in [0.2, 0.25) is 10.0 Å². The van der Waals surface area contributed by atoms with Crippen molar-refractivity contribution in [1.82, 2.24) is 9.62 Å². The van der Waals surface area contributed by atoms with E-state index in [1.54, 1.807) is 30.0 Å². The molecule has 2 aromatic rings. The van der Waals surface area contributed by atoms with Gasteiger partial charge in [-0.1, -0.05) is 6.07 Å². The van der Waals surface area contributed by atoms with E-state index in [0.717, 1.165) is 16.2 Å². The lowest BCUT2D eigenvalue weighted by Crippen LogP contribution is -2.40. The normalized spacial score (nSPS) is 20.1. The Kier molecular flexibility index (Phi) is 5.91. The van der Waals surface area contributed by atoms with Crippen LogP contribution in [0, 0.1) is 5.82 Å². The van der Waals surface area contributed by atoms with Gasteiger partial charge in [0, 0.05) is 29.3 Å². The average Bonchev–Trinajstić information content (AvgIpc) is 2.75. The molecule has 4 rings (SSSR count). The third kappa shape index (κ3) is 4.32. The van der Waals surface area contributed by atoms with Crippen molar-refractivity contribution in [3.8, 4) is 0 Å². The molecule has 2 aromatic carbocycles. The molecule has 9 heteroatoms. The highest BCUT2D eigenvalue weighted by Crippen LogP contribution is 2.36. The quantitative estimate of drug-likeness (QED) is 0.798. The second-order valence-electron chi connectivity index (χ2n) is 6.89. The summed E-state index contributed by atoms with van der Waals surface area (Å²) >= 11 is 1.63. The maximum absolute atomic E-state index is 13.7. The molecular formula is C20H21FN2O4S2. The van der Waals surface area contributed by atoms with Crippen LogP contribution in [0.25, 0.3) is 0 Å². The van der Waals surface area contributed by atoms with Gasteiger partial charge in [-0.05, 0) is 48.4 Å². The Balaban J connectivity index is 1.55. The summed E-state index contributed by atoms with van der Waals surface area (Å²) in [6, 6.07) is 10.3. The first-order chi connectivity index (χ1) is 13.9. The molecule has 154 valence electrons. The summed E-state index contributed by atoms with van der Waals surface area (Å²) in [7, 11) is -3.68. The minimum absolute atomic E-state index is 0.0812. The molecule has 0 saturated carbocycles. The topological polar surface area (TPSA) is 75.7 Å². The number of morpholine rings is 1. The first-order valence-corrected chi connectivity index (χ1v) is 11.8. The fourth-order valence-corrected chi connectivity index (χ4v) is 6.05. The highest BCUT2D eigenvalue weighted by Gasteiger charge is 2.28. The first kappa shape index (κ1) is 20.3. The third-order valence-electron chi connectivity index (χ3n) is 5.02. The second-order valence-corrected chi connectivity index (χ2v) is 9.96. The summed E-state index contributed by atoms with van der Waals surface area (Å²) in [5.74, 6) is 0.0925. The number of amides is 1. The molecule has 6 nitrogen and oxygen atoms in total. The molecule has 0 spiro atoms. The number of carbonyl (C=O) groups excluding carboxylic acids is 1. The van der Waals surface area contributed by atoms with Crippen molar-refractivity contribution in [2.75, 3.05) is 32.1 Å². The molecule has 0 aliphatic carbocycles. The molecule has 1 fully saturated rings. The number of hydrogen-bond acceptors (Lipinski definition) is 5. The molecule has 1 saturated heterocycles. The van der Waals surface area contributed by atoms with Gasteiger partial charge >= 0.3 is 0 Å². The molecule has 29 heavy (non-hydrogen) atoms. The molecule has 0 unspecified atom stereocenters. The minimum atomic E-state index is -3.68. The highest BCUT2D eigenvalue weighted by atomic mass is 32.2. The fraction of sp³-hybridized carbons (Fsp3) is 0.350. The summed E-state index contributed by atoms with van der Waals surface area (Å²) in [4.78, 5) is 13.9. The van der Waals surface area contributed by atoms with Gasteiger partial charge in [-0.2, -0.15) is 4.31 Å². The summed E-state index contributed by atoms with van der Waals surface area (Å²) in [5.41, 5.74) is 1.02. The number of nitrogens with one attached hydrogen (secondary N) is 1. The van der Waals surface area contributed by atoms with Gasteiger partial charge in [0.05, 0.1) is 24.2 Å². The minimum Gasteiger partial charge on any atom is -0.379 e. The largest absolute Gasteiger partial charge is 0.379 e. The van der Waals surface area contributed by atoms with Crippen LogP contribution in [0.4, 0.5) is 4.39 Å². The Labute approximate surface area is 173 Å². The zero-order valence-corrected chi connectivity index (χ0v) is 17.3. The number of hydrogen-bond donors (Lipinski definition) is 1. The van der Waals surface area contributed by atoms with E-state index in [9.17, 15) is 17.6 Å². The predicted octanol–water partition coefficient (Wildman–Crippen LogP) is 2.81. The van der Waals surface area contributed by atoms with Gasteiger partial charge in [0.15, 0.2) is 0 Å². The van der Waals surface area contributed by atoms with E-state index < -0.39 is 10.0 Å². The van der Waals surface area contributed by atoms with Gasteiger partial charge in [-0.15, -0.1) is 11.8 Å². The van der Waals surface area contributed by atoms with Crippen molar-refractivity contribution in [2.45, 2.75) is 22.3 Å². The van der Waals surface area contributed by atoms with Crippen molar-refractivity contribution in [3.05, 3.63) is 59.4 Å². The monoisotopic (exact) mass is 436 g/mol. The SMILES string of the molecule is O=C(N[C@H]1CCSc2ccc(F)cc21)c1cccc(S(=O)(=O)N2CCOCC2)c1. The van der Waals surface area contributed by atoms with E-state index in [-0.39, 0.29) is 28.2 Å². The second kappa shape index (κ2) is 8.43. The van der Waals surface area contributed by atoms with Crippen LogP contribution in [-0.4, -0.2) is 50.7 Å². The van der Waals surface area contributed by atoms with E-state index in [2.05, 4.69) is 5.32 Å². The molecule has 2 aliphatic heterocycles. The number of thioether (sulfide) groups is 1. The van der Waals surface area contributed by atoms with E-state index in [0.29, 0.717) is 32.7 Å². The van der Waals surface area contributed by atoms with Crippen LogP contribution in [-0.2, 0) is 14.8 Å². The lowest BCUT2D eigenvalue weighted by atomic mass is 10.0. The number of ether oxygens (including phenoxy) is 1. The Bertz CT molecular complexity index is 1020. The lowest BCUT2D eigenvalue weighted by Gasteiger charge is -2.27. The maximum atomic E-state index is 13.7. The molecule has 0 radical (unpaired) electrons. The smallest absolute Gasteiger partial charge is 0.251 e. The zero-order valence-electron chi connectivity index (χ0n) is 15.6. The standard InChI is InChI=1S/C20H21FN2O4S2/c21-15-4-5-19-17(13-15)18(6-11-28-19)22-20(24)14-2-1-3-16(12-14)29(25,26)23-7-9-27-10-8-23/h1-5,12-13,18H,6-11H2,(H,22,24)/t18-/m0/s1. The maximum Gasteiger partial charge on any atom is 0.251 e. The first-order valence-electron chi connectivity index (χ1n) is 9.36. The summed E-state index contributed by atoms with van der Waals surface area (Å²) < 4.78 is 46.0. The van der Waals surface area contributed by atoms with E-state index in [1.165, 1.54) is 28.6 Å². The van der Waals surface area contributed by atoms with Crippen LogP contribution < -0.4 is 5.32 Å². The van der Waals surface area contributed by atoms with Crippen LogP contribution in [0.3, 0.4) is 0 Å². The number of sulfonamides is 1. The molecule has 1 atom stereocenters. The lowest BCUT2D eigenvalue weighted by molar-refractivity contribution is 0.0730. The number of fused-ring (bicyclic) bond motifs is 1. The van der Waals surface area contributed by atoms with Gasteiger partial charge in [-0.3, -0.25) is 4.79 Å². The number of halogens is 1. The van der Waals surface area contributed by atoms with Crippen molar-refractivity contribution in [3.63, 3.8) is 0 Å². The van der Waals surface area contributed by atoms with Crippen molar-refractivity contribution in [1.29, 1.82) is 0 Å². The van der Waals surface area contributed by atoms with Crippen LogP contribution in [0.2, 0.25) is 0 Å². The van der Waals surface area contributed by atoms with Crippen molar-refractivity contribution >= 4 is 27.7 Å². The highest BCUT2D eigenvalue weighted by molar-refractivity contribution is 7.99.